The van der Waals surface area contributed by atoms with Gasteiger partial charge in [-0.05, 0) is 29.8 Å². The molecule has 0 aliphatic heterocycles. The zero-order chi connectivity index (χ0) is 16.4. The van der Waals surface area contributed by atoms with E-state index in [1.165, 1.54) is 12.4 Å². The summed E-state index contributed by atoms with van der Waals surface area (Å²) in [6.45, 7) is 0.0528. The molecule has 6 heteroatoms. The molecule has 0 amide bonds. The van der Waals surface area contributed by atoms with Gasteiger partial charge in [0.25, 0.3) is 0 Å². The number of benzene rings is 2. The van der Waals surface area contributed by atoms with Crippen LogP contribution in [0.15, 0.2) is 65.7 Å². The number of imidazole rings is 1. The molecule has 1 N–H and O–H groups in total. The summed E-state index contributed by atoms with van der Waals surface area (Å²) < 4.78 is 30.0. The van der Waals surface area contributed by atoms with Gasteiger partial charge < -0.3 is 9.67 Å². The molecule has 2 aromatic carbocycles. The summed E-state index contributed by atoms with van der Waals surface area (Å²) in [6, 6.07) is 10.1. The monoisotopic (exact) mass is 378 g/mol. The standard InChI is InChI=1S/C17H13BrF2N2O/c18-13-3-1-12(2-4-13)17(23,10-22-8-7-21-11-22)15-6-5-14(19)9-16(15)20/h1-9,11,23H,10H2. The molecule has 23 heavy (non-hydrogen) atoms. The summed E-state index contributed by atoms with van der Waals surface area (Å²) in [4.78, 5) is 3.93. The molecule has 0 saturated heterocycles. The Morgan fingerprint density at radius 1 is 1.13 bits per heavy atom. The van der Waals surface area contributed by atoms with Gasteiger partial charge >= 0.3 is 0 Å². The van der Waals surface area contributed by atoms with Crippen LogP contribution in [0.5, 0.6) is 0 Å². The van der Waals surface area contributed by atoms with Crippen molar-refractivity contribution >= 4 is 15.9 Å². The lowest BCUT2D eigenvalue weighted by Crippen LogP contribution is -2.33. The van der Waals surface area contributed by atoms with Gasteiger partial charge in [0.1, 0.15) is 17.2 Å². The van der Waals surface area contributed by atoms with E-state index in [1.54, 1.807) is 41.2 Å². The summed E-state index contributed by atoms with van der Waals surface area (Å²) in [5, 5.41) is 11.3. The first-order chi connectivity index (χ1) is 11.0. The van der Waals surface area contributed by atoms with Crippen LogP contribution in [0.25, 0.3) is 0 Å². The number of aliphatic hydroxyl groups is 1. The first-order valence-corrected chi connectivity index (χ1v) is 7.68. The van der Waals surface area contributed by atoms with Gasteiger partial charge in [-0.2, -0.15) is 0 Å². The Kier molecular flexibility index (Phi) is 4.28. The van der Waals surface area contributed by atoms with Crippen molar-refractivity contribution in [3.05, 3.63) is 88.4 Å². The van der Waals surface area contributed by atoms with Crippen LogP contribution in [-0.4, -0.2) is 14.7 Å². The molecular weight excluding hydrogens is 366 g/mol. The molecule has 118 valence electrons. The van der Waals surface area contributed by atoms with E-state index >= 15 is 0 Å². The summed E-state index contributed by atoms with van der Waals surface area (Å²) >= 11 is 3.33. The van der Waals surface area contributed by atoms with Crippen LogP contribution in [0.3, 0.4) is 0 Å². The number of aromatic nitrogens is 2. The van der Waals surface area contributed by atoms with E-state index in [2.05, 4.69) is 20.9 Å². The maximum absolute atomic E-state index is 14.3. The number of hydrogen-bond donors (Lipinski definition) is 1. The molecule has 1 aromatic heterocycles. The molecule has 0 fully saturated rings. The molecule has 0 bridgehead atoms. The Hall–Kier alpha value is -2.05. The molecule has 0 spiro atoms. The second-order valence-corrected chi connectivity index (χ2v) is 6.14. The van der Waals surface area contributed by atoms with Gasteiger partial charge in [-0.3, -0.25) is 0 Å². The van der Waals surface area contributed by atoms with Crippen molar-refractivity contribution in [1.82, 2.24) is 9.55 Å². The van der Waals surface area contributed by atoms with E-state index in [0.29, 0.717) is 5.56 Å². The number of nitrogens with zero attached hydrogens (tertiary/aromatic N) is 2. The zero-order valence-corrected chi connectivity index (χ0v) is 13.5. The van der Waals surface area contributed by atoms with Crippen molar-refractivity contribution in [3.63, 3.8) is 0 Å². The zero-order valence-electron chi connectivity index (χ0n) is 12.0. The third-order valence-electron chi connectivity index (χ3n) is 3.67. The van der Waals surface area contributed by atoms with E-state index in [9.17, 15) is 13.9 Å². The average molecular weight is 379 g/mol. The van der Waals surface area contributed by atoms with Crippen LogP contribution in [-0.2, 0) is 12.1 Å². The topological polar surface area (TPSA) is 38.0 Å². The quantitative estimate of drug-likeness (QED) is 0.748. The van der Waals surface area contributed by atoms with Gasteiger partial charge in [0.15, 0.2) is 0 Å². The van der Waals surface area contributed by atoms with Gasteiger partial charge in [-0.1, -0.05) is 28.1 Å². The first-order valence-electron chi connectivity index (χ1n) is 6.89. The van der Waals surface area contributed by atoms with Crippen molar-refractivity contribution in [1.29, 1.82) is 0 Å². The van der Waals surface area contributed by atoms with Gasteiger partial charge in [0.05, 0.1) is 12.9 Å². The molecule has 0 aliphatic rings. The largest absolute Gasteiger partial charge is 0.378 e. The SMILES string of the molecule is OC(Cn1ccnc1)(c1ccc(Br)cc1)c1ccc(F)cc1F. The fourth-order valence-electron chi connectivity index (χ4n) is 2.53. The summed E-state index contributed by atoms with van der Waals surface area (Å²) in [6.07, 6.45) is 4.78. The minimum Gasteiger partial charge on any atom is -0.378 e. The van der Waals surface area contributed by atoms with Crippen LogP contribution in [0.1, 0.15) is 11.1 Å². The summed E-state index contributed by atoms with van der Waals surface area (Å²) in [7, 11) is 0. The van der Waals surface area contributed by atoms with Crippen molar-refractivity contribution in [2.45, 2.75) is 12.1 Å². The van der Waals surface area contributed by atoms with Crippen molar-refractivity contribution in [2.24, 2.45) is 0 Å². The predicted molar refractivity (Wildman–Crippen MR) is 85.7 cm³/mol. The highest BCUT2D eigenvalue weighted by molar-refractivity contribution is 9.10. The maximum Gasteiger partial charge on any atom is 0.135 e. The number of halogens is 3. The second-order valence-electron chi connectivity index (χ2n) is 5.23. The highest BCUT2D eigenvalue weighted by Crippen LogP contribution is 2.34. The molecule has 1 heterocycles. The Labute approximate surface area is 140 Å². The van der Waals surface area contributed by atoms with E-state index in [-0.39, 0.29) is 12.1 Å². The molecule has 3 rings (SSSR count). The van der Waals surface area contributed by atoms with Crippen LogP contribution < -0.4 is 0 Å². The van der Waals surface area contributed by atoms with Crippen LogP contribution in [0.4, 0.5) is 8.78 Å². The molecule has 0 aliphatic carbocycles. The molecule has 0 saturated carbocycles. The second kappa shape index (κ2) is 6.22. The van der Waals surface area contributed by atoms with Crippen molar-refractivity contribution in [3.8, 4) is 0 Å². The molecular formula is C17H13BrF2N2O. The van der Waals surface area contributed by atoms with E-state index in [4.69, 9.17) is 0 Å². The van der Waals surface area contributed by atoms with Gasteiger partial charge in [-0.25, -0.2) is 13.8 Å². The maximum atomic E-state index is 14.3. The Balaban J connectivity index is 2.14. The van der Waals surface area contributed by atoms with Crippen molar-refractivity contribution < 1.29 is 13.9 Å². The van der Waals surface area contributed by atoms with Crippen LogP contribution in [0.2, 0.25) is 0 Å². The summed E-state index contributed by atoms with van der Waals surface area (Å²) in [5.41, 5.74) is -1.14. The third-order valence-corrected chi connectivity index (χ3v) is 4.20. The van der Waals surface area contributed by atoms with E-state index in [0.717, 1.165) is 16.6 Å². The Morgan fingerprint density at radius 2 is 1.87 bits per heavy atom. The van der Waals surface area contributed by atoms with E-state index < -0.39 is 17.2 Å². The Bertz CT molecular complexity index is 806. The molecule has 3 aromatic rings. The summed E-state index contributed by atoms with van der Waals surface area (Å²) in [5.74, 6) is -1.48. The fourth-order valence-corrected chi connectivity index (χ4v) is 2.79. The van der Waals surface area contributed by atoms with Crippen LogP contribution >= 0.6 is 15.9 Å². The molecule has 0 radical (unpaired) electrons. The lowest BCUT2D eigenvalue weighted by molar-refractivity contribution is 0.0573. The average Bonchev–Trinajstić information content (AvgIpc) is 3.00. The van der Waals surface area contributed by atoms with Gasteiger partial charge in [-0.15, -0.1) is 0 Å². The number of hydrogen-bond acceptors (Lipinski definition) is 2. The fraction of sp³-hybridized carbons (Fsp3) is 0.118. The molecule has 1 atom stereocenters. The first kappa shape index (κ1) is 15.8. The molecule has 1 unspecified atom stereocenters. The van der Waals surface area contributed by atoms with E-state index in [1.807, 2.05) is 0 Å². The smallest absolute Gasteiger partial charge is 0.135 e. The van der Waals surface area contributed by atoms with Crippen LogP contribution in [0, 0.1) is 11.6 Å². The predicted octanol–water partition coefficient (Wildman–Crippen LogP) is 3.86. The minimum absolute atomic E-state index is 0.00919. The lowest BCUT2D eigenvalue weighted by atomic mass is 9.85. The third kappa shape index (κ3) is 3.18. The highest BCUT2D eigenvalue weighted by Gasteiger charge is 2.35. The molecule has 3 nitrogen and oxygen atoms in total. The van der Waals surface area contributed by atoms with Gasteiger partial charge in [0, 0.05) is 28.5 Å². The van der Waals surface area contributed by atoms with Gasteiger partial charge in [0.2, 0.25) is 0 Å². The minimum atomic E-state index is -1.65. The van der Waals surface area contributed by atoms with Crippen molar-refractivity contribution in [2.75, 3.05) is 0 Å². The Morgan fingerprint density at radius 3 is 2.48 bits per heavy atom. The number of rotatable bonds is 4. The lowest BCUT2D eigenvalue weighted by Gasteiger charge is -2.30. The normalized spacial score (nSPS) is 13.7. The highest BCUT2D eigenvalue weighted by atomic mass is 79.9.